The smallest absolute Gasteiger partial charge is 0.125 e. The molecular formula is C15H20FN3. The topological polar surface area (TPSA) is 43.8 Å². The van der Waals surface area contributed by atoms with Crippen molar-refractivity contribution in [2.24, 2.45) is 5.73 Å². The molecule has 0 radical (unpaired) electrons. The third-order valence-corrected chi connectivity index (χ3v) is 4.33. The molecule has 0 bridgehead atoms. The average Bonchev–Trinajstić information content (AvgIpc) is 2.68. The Hall–Kier alpha value is -1.42. The van der Waals surface area contributed by atoms with Gasteiger partial charge in [0, 0.05) is 24.6 Å². The van der Waals surface area contributed by atoms with Crippen molar-refractivity contribution in [1.82, 2.24) is 9.55 Å². The van der Waals surface area contributed by atoms with Crippen molar-refractivity contribution in [2.75, 3.05) is 6.54 Å². The lowest BCUT2D eigenvalue weighted by Crippen LogP contribution is -2.43. The van der Waals surface area contributed by atoms with Crippen LogP contribution in [0.1, 0.15) is 38.4 Å². The third-order valence-electron chi connectivity index (χ3n) is 4.33. The van der Waals surface area contributed by atoms with Gasteiger partial charge in [-0.3, -0.25) is 0 Å². The fourth-order valence-electron chi connectivity index (χ4n) is 3.08. The van der Waals surface area contributed by atoms with E-state index in [4.69, 9.17) is 10.7 Å². The number of halogens is 1. The maximum atomic E-state index is 13.4. The van der Waals surface area contributed by atoms with Gasteiger partial charge in [-0.2, -0.15) is 0 Å². The third kappa shape index (κ3) is 1.86. The van der Waals surface area contributed by atoms with Gasteiger partial charge < -0.3 is 10.3 Å². The molecule has 102 valence electrons. The number of benzene rings is 1. The maximum Gasteiger partial charge on any atom is 0.125 e. The predicted molar refractivity (Wildman–Crippen MR) is 74.6 cm³/mol. The molecule has 3 nitrogen and oxygen atoms in total. The number of fused-ring (bicyclic) bond motifs is 1. The highest BCUT2D eigenvalue weighted by Crippen LogP contribution is 2.43. The molecule has 1 heterocycles. The van der Waals surface area contributed by atoms with Crippen molar-refractivity contribution < 1.29 is 4.39 Å². The Morgan fingerprint density at radius 1 is 1.42 bits per heavy atom. The summed E-state index contributed by atoms with van der Waals surface area (Å²) in [7, 11) is 0. The average molecular weight is 261 g/mol. The van der Waals surface area contributed by atoms with E-state index in [1.165, 1.54) is 18.6 Å². The molecule has 1 fully saturated rings. The van der Waals surface area contributed by atoms with Crippen LogP contribution in [0.2, 0.25) is 0 Å². The minimum atomic E-state index is -0.226. The number of nitrogens with zero attached hydrogens (tertiary/aromatic N) is 2. The molecule has 3 rings (SSSR count). The summed E-state index contributed by atoms with van der Waals surface area (Å²) in [5.74, 6) is 0.833. The van der Waals surface area contributed by atoms with Gasteiger partial charge >= 0.3 is 0 Å². The lowest BCUT2D eigenvalue weighted by molar-refractivity contribution is 0.231. The number of aromatic nitrogens is 2. The Labute approximate surface area is 112 Å². The van der Waals surface area contributed by atoms with Gasteiger partial charge in [0.1, 0.15) is 11.6 Å². The second kappa shape index (κ2) is 4.60. The summed E-state index contributed by atoms with van der Waals surface area (Å²) in [5, 5.41) is 0. The Balaban J connectivity index is 2.19. The fourth-order valence-corrected chi connectivity index (χ4v) is 3.08. The van der Waals surface area contributed by atoms with Gasteiger partial charge in [-0.25, -0.2) is 9.37 Å². The zero-order chi connectivity index (χ0) is 13.5. The SMILES string of the molecule is CCCn1c(C2(CN)CCC2)nc2cc(F)ccc21. The zero-order valence-electron chi connectivity index (χ0n) is 11.3. The van der Waals surface area contributed by atoms with Crippen LogP contribution in [0, 0.1) is 5.82 Å². The summed E-state index contributed by atoms with van der Waals surface area (Å²) in [6.07, 6.45) is 4.44. The van der Waals surface area contributed by atoms with E-state index >= 15 is 0 Å². The first kappa shape index (κ1) is 12.6. The molecule has 0 saturated heterocycles. The van der Waals surface area contributed by atoms with Crippen molar-refractivity contribution in [3.63, 3.8) is 0 Å². The van der Waals surface area contributed by atoms with E-state index in [1.54, 1.807) is 0 Å². The molecule has 19 heavy (non-hydrogen) atoms. The van der Waals surface area contributed by atoms with E-state index in [0.29, 0.717) is 6.54 Å². The highest BCUT2D eigenvalue weighted by molar-refractivity contribution is 5.76. The van der Waals surface area contributed by atoms with Crippen molar-refractivity contribution in [2.45, 2.75) is 44.6 Å². The predicted octanol–water partition coefficient (Wildman–Crippen LogP) is 2.97. The van der Waals surface area contributed by atoms with Crippen LogP contribution < -0.4 is 5.73 Å². The number of hydrogen-bond acceptors (Lipinski definition) is 2. The standard InChI is InChI=1S/C15H20FN3/c1-2-8-19-13-5-4-11(16)9-12(13)18-14(19)15(10-17)6-3-7-15/h4-5,9H,2-3,6-8,10,17H2,1H3. The van der Waals surface area contributed by atoms with Crippen molar-refractivity contribution in [3.05, 3.63) is 29.8 Å². The fraction of sp³-hybridized carbons (Fsp3) is 0.533. The molecule has 1 saturated carbocycles. The quantitative estimate of drug-likeness (QED) is 0.919. The van der Waals surface area contributed by atoms with E-state index in [1.807, 2.05) is 6.07 Å². The van der Waals surface area contributed by atoms with Crippen LogP contribution in [-0.2, 0) is 12.0 Å². The second-order valence-corrected chi connectivity index (χ2v) is 5.56. The Morgan fingerprint density at radius 2 is 2.21 bits per heavy atom. The molecule has 2 aromatic rings. The van der Waals surface area contributed by atoms with Gasteiger partial charge in [-0.05, 0) is 31.4 Å². The molecule has 0 amide bonds. The molecule has 0 unspecified atom stereocenters. The second-order valence-electron chi connectivity index (χ2n) is 5.56. The monoisotopic (exact) mass is 261 g/mol. The first-order valence-electron chi connectivity index (χ1n) is 7.06. The van der Waals surface area contributed by atoms with Gasteiger partial charge in [0.2, 0.25) is 0 Å². The van der Waals surface area contributed by atoms with Crippen molar-refractivity contribution >= 4 is 11.0 Å². The van der Waals surface area contributed by atoms with Crippen LogP contribution in [0.15, 0.2) is 18.2 Å². The highest BCUT2D eigenvalue weighted by Gasteiger charge is 2.41. The van der Waals surface area contributed by atoms with Crippen molar-refractivity contribution in [3.8, 4) is 0 Å². The number of rotatable bonds is 4. The first-order valence-corrected chi connectivity index (χ1v) is 7.06. The largest absolute Gasteiger partial charge is 0.329 e. The van der Waals surface area contributed by atoms with Crippen LogP contribution in [0.5, 0.6) is 0 Å². The van der Waals surface area contributed by atoms with E-state index in [2.05, 4.69) is 11.5 Å². The van der Waals surface area contributed by atoms with Crippen molar-refractivity contribution in [1.29, 1.82) is 0 Å². The normalized spacial score (nSPS) is 17.6. The lowest BCUT2D eigenvalue weighted by atomic mass is 9.68. The number of aryl methyl sites for hydroxylation is 1. The molecule has 1 aromatic heterocycles. The van der Waals surface area contributed by atoms with Crippen LogP contribution in [-0.4, -0.2) is 16.1 Å². The van der Waals surface area contributed by atoms with Crippen LogP contribution in [0.25, 0.3) is 11.0 Å². The molecule has 1 aromatic carbocycles. The first-order chi connectivity index (χ1) is 9.20. The summed E-state index contributed by atoms with van der Waals surface area (Å²) in [6, 6.07) is 4.86. The molecule has 1 aliphatic rings. The Morgan fingerprint density at radius 3 is 2.79 bits per heavy atom. The van der Waals surface area contributed by atoms with E-state index in [9.17, 15) is 4.39 Å². The highest BCUT2D eigenvalue weighted by atomic mass is 19.1. The minimum absolute atomic E-state index is 0.0185. The molecule has 2 N–H and O–H groups in total. The number of imidazole rings is 1. The number of hydrogen-bond donors (Lipinski definition) is 1. The minimum Gasteiger partial charge on any atom is -0.329 e. The van der Waals surface area contributed by atoms with Gasteiger partial charge in [0.05, 0.1) is 11.0 Å². The number of nitrogens with two attached hydrogens (primary N) is 1. The summed E-state index contributed by atoms with van der Waals surface area (Å²) in [5.41, 5.74) is 7.79. The Kier molecular flexibility index (Phi) is 3.05. The summed E-state index contributed by atoms with van der Waals surface area (Å²) >= 11 is 0. The van der Waals surface area contributed by atoms with E-state index in [-0.39, 0.29) is 11.2 Å². The molecule has 0 atom stereocenters. The van der Waals surface area contributed by atoms with Gasteiger partial charge in [0.15, 0.2) is 0 Å². The van der Waals surface area contributed by atoms with E-state index in [0.717, 1.165) is 42.7 Å². The Bertz CT molecular complexity index is 593. The molecule has 1 aliphatic carbocycles. The summed E-state index contributed by atoms with van der Waals surface area (Å²) < 4.78 is 15.6. The maximum absolute atomic E-state index is 13.4. The lowest BCUT2D eigenvalue weighted by Gasteiger charge is -2.40. The summed E-state index contributed by atoms with van der Waals surface area (Å²) in [4.78, 5) is 4.70. The van der Waals surface area contributed by atoms with Gasteiger partial charge in [-0.15, -0.1) is 0 Å². The van der Waals surface area contributed by atoms with Crippen LogP contribution in [0.4, 0.5) is 4.39 Å². The summed E-state index contributed by atoms with van der Waals surface area (Å²) in [6.45, 7) is 3.69. The van der Waals surface area contributed by atoms with Gasteiger partial charge in [-0.1, -0.05) is 13.3 Å². The van der Waals surface area contributed by atoms with Gasteiger partial charge in [0.25, 0.3) is 0 Å². The van der Waals surface area contributed by atoms with Crippen LogP contribution in [0.3, 0.4) is 0 Å². The molecular weight excluding hydrogens is 241 g/mol. The van der Waals surface area contributed by atoms with E-state index < -0.39 is 0 Å². The van der Waals surface area contributed by atoms with Crippen LogP contribution >= 0.6 is 0 Å². The molecule has 0 aliphatic heterocycles. The zero-order valence-corrected chi connectivity index (χ0v) is 11.3. The molecule has 0 spiro atoms. The molecule has 4 heteroatoms.